The summed E-state index contributed by atoms with van der Waals surface area (Å²) in [6.45, 7) is 7.38. The molecular weight excluding hydrogens is 288 g/mol. The Morgan fingerprint density at radius 3 is 2.57 bits per heavy atom. The number of likely N-dealkylation sites (N-methyl/N-ethyl adjacent to an activating group) is 1. The highest BCUT2D eigenvalue weighted by Crippen LogP contribution is 2.47. The SMILES string of the molecule is CCCCC1Cc2cc3c(cc2C1N1CCN(C)CC1)OCO3. The number of hydrogen-bond donors (Lipinski definition) is 0. The number of rotatable bonds is 4. The van der Waals surface area contributed by atoms with Crippen molar-refractivity contribution in [1.29, 1.82) is 0 Å². The van der Waals surface area contributed by atoms with Gasteiger partial charge in [-0.25, -0.2) is 0 Å². The van der Waals surface area contributed by atoms with Crippen LogP contribution in [0.1, 0.15) is 43.4 Å². The van der Waals surface area contributed by atoms with Gasteiger partial charge in [-0.2, -0.15) is 0 Å². The van der Waals surface area contributed by atoms with Gasteiger partial charge in [0.05, 0.1) is 0 Å². The molecule has 126 valence electrons. The van der Waals surface area contributed by atoms with E-state index in [-0.39, 0.29) is 0 Å². The molecule has 0 saturated carbocycles. The summed E-state index contributed by atoms with van der Waals surface area (Å²) in [5.74, 6) is 2.63. The molecule has 2 unspecified atom stereocenters. The van der Waals surface area contributed by atoms with Gasteiger partial charge in [0.2, 0.25) is 6.79 Å². The Bertz CT molecular complexity index is 567. The maximum Gasteiger partial charge on any atom is 0.231 e. The zero-order valence-corrected chi connectivity index (χ0v) is 14.4. The number of piperazine rings is 1. The second-order valence-electron chi connectivity index (χ2n) is 7.29. The molecule has 0 aromatic heterocycles. The molecule has 0 spiro atoms. The summed E-state index contributed by atoms with van der Waals surface area (Å²) in [5.41, 5.74) is 2.99. The Labute approximate surface area is 139 Å². The average molecular weight is 316 g/mol. The van der Waals surface area contributed by atoms with E-state index >= 15 is 0 Å². The molecule has 4 nitrogen and oxygen atoms in total. The Balaban J connectivity index is 1.63. The number of ether oxygens (including phenoxy) is 2. The lowest BCUT2D eigenvalue weighted by molar-refractivity contribution is 0.0837. The molecule has 1 aromatic carbocycles. The summed E-state index contributed by atoms with van der Waals surface area (Å²) in [5, 5.41) is 0. The van der Waals surface area contributed by atoms with E-state index in [1.807, 2.05) is 0 Å². The quantitative estimate of drug-likeness (QED) is 0.852. The van der Waals surface area contributed by atoms with Gasteiger partial charge in [-0.05, 0) is 49.1 Å². The van der Waals surface area contributed by atoms with Crippen LogP contribution in [0, 0.1) is 5.92 Å². The maximum absolute atomic E-state index is 5.64. The lowest BCUT2D eigenvalue weighted by atomic mass is 9.93. The predicted molar refractivity (Wildman–Crippen MR) is 91.1 cm³/mol. The number of unbranched alkanes of at least 4 members (excludes halogenated alkanes) is 1. The van der Waals surface area contributed by atoms with E-state index in [4.69, 9.17) is 9.47 Å². The first-order valence-electron chi connectivity index (χ1n) is 9.11. The second-order valence-corrected chi connectivity index (χ2v) is 7.29. The van der Waals surface area contributed by atoms with Gasteiger partial charge in [-0.1, -0.05) is 19.8 Å². The van der Waals surface area contributed by atoms with Crippen LogP contribution >= 0.6 is 0 Å². The van der Waals surface area contributed by atoms with Crippen molar-refractivity contribution >= 4 is 0 Å². The molecule has 1 aromatic rings. The van der Waals surface area contributed by atoms with E-state index in [9.17, 15) is 0 Å². The van der Waals surface area contributed by atoms with Crippen LogP contribution in [0.5, 0.6) is 11.5 Å². The lowest BCUT2D eigenvalue weighted by Crippen LogP contribution is -2.46. The van der Waals surface area contributed by atoms with E-state index in [0.29, 0.717) is 12.8 Å². The minimum Gasteiger partial charge on any atom is -0.454 e. The van der Waals surface area contributed by atoms with Gasteiger partial charge >= 0.3 is 0 Å². The Morgan fingerprint density at radius 2 is 1.83 bits per heavy atom. The Morgan fingerprint density at radius 1 is 1.09 bits per heavy atom. The molecule has 1 aliphatic carbocycles. The van der Waals surface area contributed by atoms with Gasteiger partial charge in [0.1, 0.15) is 0 Å². The average Bonchev–Trinajstić information content (AvgIpc) is 3.14. The third-order valence-corrected chi connectivity index (χ3v) is 5.74. The van der Waals surface area contributed by atoms with Crippen LogP contribution in [-0.2, 0) is 6.42 Å². The molecular formula is C19H28N2O2. The largest absolute Gasteiger partial charge is 0.454 e. The van der Waals surface area contributed by atoms with Crippen molar-refractivity contribution in [2.45, 2.75) is 38.6 Å². The van der Waals surface area contributed by atoms with E-state index < -0.39 is 0 Å². The molecule has 4 heteroatoms. The van der Waals surface area contributed by atoms with Crippen LogP contribution in [0.25, 0.3) is 0 Å². The van der Waals surface area contributed by atoms with Crippen LogP contribution in [-0.4, -0.2) is 49.8 Å². The van der Waals surface area contributed by atoms with Crippen LogP contribution in [0.4, 0.5) is 0 Å². The Kier molecular flexibility index (Phi) is 4.20. The third kappa shape index (κ3) is 2.83. The highest BCUT2D eigenvalue weighted by Gasteiger charge is 2.38. The maximum atomic E-state index is 5.64. The fourth-order valence-corrected chi connectivity index (χ4v) is 4.42. The van der Waals surface area contributed by atoms with Gasteiger partial charge in [-0.3, -0.25) is 4.90 Å². The van der Waals surface area contributed by atoms with Crippen LogP contribution in [0.3, 0.4) is 0 Å². The lowest BCUT2D eigenvalue weighted by Gasteiger charge is -2.39. The highest BCUT2D eigenvalue weighted by atomic mass is 16.7. The molecule has 4 rings (SSSR count). The van der Waals surface area contributed by atoms with E-state index in [0.717, 1.165) is 17.4 Å². The number of benzene rings is 1. The minimum atomic E-state index is 0.372. The first-order valence-corrected chi connectivity index (χ1v) is 9.11. The van der Waals surface area contributed by atoms with E-state index in [1.165, 1.54) is 63.0 Å². The molecule has 0 bridgehead atoms. The smallest absolute Gasteiger partial charge is 0.231 e. The molecule has 2 heterocycles. The van der Waals surface area contributed by atoms with Crippen molar-refractivity contribution in [2.24, 2.45) is 5.92 Å². The monoisotopic (exact) mass is 316 g/mol. The molecule has 0 amide bonds. The van der Waals surface area contributed by atoms with Crippen molar-refractivity contribution in [3.63, 3.8) is 0 Å². The zero-order chi connectivity index (χ0) is 15.8. The van der Waals surface area contributed by atoms with Crippen molar-refractivity contribution in [3.05, 3.63) is 23.3 Å². The highest BCUT2D eigenvalue weighted by molar-refractivity contribution is 5.52. The fourth-order valence-electron chi connectivity index (χ4n) is 4.42. The van der Waals surface area contributed by atoms with Crippen LogP contribution < -0.4 is 9.47 Å². The van der Waals surface area contributed by atoms with Crippen molar-refractivity contribution < 1.29 is 9.47 Å². The third-order valence-electron chi connectivity index (χ3n) is 5.74. The van der Waals surface area contributed by atoms with E-state index in [2.05, 4.69) is 35.9 Å². The summed E-state index contributed by atoms with van der Waals surface area (Å²) in [7, 11) is 2.23. The summed E-state index contributed by atoms with van der Waals surface area (Å²) in [4.78, 5) is 5.15. The van der Waals surface area contributed by atoms with Gasteiger partial charge in [-0.15, -0.1) is 0 Å². The minimum absolute atomic E-state index is 0.372. The molecule has 1 fully saturated rings. The first-order chi connectivity index (χ1) is 11.3. The molecule has 23 heavy (non-hydrogen) atoms. The summed E-state index contributed by atoms with van der Waals surface area (Å²) >= 11 is 0. The molecule has 1 saturated heterocycles. The van der Waals surface area contributed by atoms with Gasteiger partial charge in [0.25, 0.3) is 0 Å². The fraction of sp³-hybridized carbons (Fsp3) is 0.684. The normalized spacial score (nSPS) is 27.4. The van der Waals surface area contributed by atoms with Gasteiger partial charge in [0.15, 0.2) is 11.5 Å². The van der Waals surface area contributed by atoms with E-state index in [1.54, 1.807) is 0 Å². The molecule has 2 atom stereocenters. The summed E-state index contributed by atoms with van der Waals surface area (Å²) in [6, 6.07) is 5.08. The summed E-state index contributed by atoms with van der Waals surface area (Å²) < 4.78 is 11.2. The standard InChI is InChI=1S/C19H28N2O2/c1-3-4-5-14-10-15-11-17-18(23-13-22-17)12-16(15)19(14)21-8-6-20(2)7-9-21/h11-12,14,19H,3-10,13H2,1-2H3. The van der Waals surface area contributed by atoms with Crippen molar-refractivity contribution in [2.75, 3.05) is 40.0 Å². The molecule has 3 aliphatic rings. The molecule has 0 N–H and O–H groups in total. The Hall–Kier alpha value is -1.26. The van der Waals surface area contributed by atoms with Crippen LogP contribution in [0.2, 0.25) is 0 Å². The van der Waals surface area contributed by atoms with Crippen LogP contribution in [0.15, 0.2) is 12.1 Å². The topological polar surface area (TPSA) is 24.9 Å². The molecule has 2 aliphatic heterocycles. The van der Waals surface area contributed by atoms with Crippen molar-refractivity contribution in [3.8, 4) is 11.5 Å². The number of hydrogen-bond acceptors (Lipinski definition) is 4. The number of nitrogens with zero attached hydrogens (tertiary/aromatic N) is 2. The second kappa shape index (κ2) is 6.33. The predicted octanol–water partition coefficient (Wildman–Crippen LogP) is 3.07. The van der Waals surface area contributed by atoms with Gasteiger partial charge in [0, 0.05) is 32.2 Å². The summed E-state index contributed by atoms with van der Waals surface area (Å²) in [6.07, 6.45) is 5.14. The first kappa shape index (κ1) is 15.3. The van der Waals surface area contributed by atoms with Gasteiger partial charge < -0.3 is 14.4 Å². The van der Waals surface area contributed by atoms with Crippen molar-refractivity contribution in [1.82, 2.24) is 9.80 Å². The zero-order valence-electron chi connectivity index (χ0n) is 14.4. The number of fused-ring (bicyclic) bond motifs is 2. The molecule has 0 radical (unpaired) electrons.